The quantitative estimate of drug-likeness (QED) is 0.277. The fraction of sp³-hybridized carbons (Fsp3) is 0.440. The molecule has 0 aliphatic rings. The number of hydrogen-bond donors (Lipinski definition) is 4. The summed E-state index contributed by atoms with van der Waals surface area (Å²) in [6.45, 7) is 5.55. The maximum atomic E-state index is 13.9. The molecule has 0 spiro atoms. The monoisotopic (exact) mass is 521 g/mol. The smallest absolute Gasteiger partial charge is 0.404 e. The summed E-state index contributed by atoms with van der Waals surface area (Å²) in [4.78, 5) is 28.1. The van der Waals surface area contributed by atoms with E-state index in [2.05, 4.69) is 5.32 Å². The van der Waals surface area contributed by atoms with Gasteiger partial charge in [0.05, 0.1) is 11.8 Å². The second-order valence-electron chi connectivity index (χ2n) is 8.78. The Morgan fingerprint density at radius 3 is 2.31 bits per heavy atom. The van der Waals surface area contributed by atoms with E-state index < -0.39 is 33.2 Å². The summed E-state index contributed by atoms with van der Waals surface area (Å²) in [5.41, 5.74) is 6.15. The van der Waals surface area contributed by atoms with Gasteiger partial charge in [-0.15, -0.1) is 0 Å². The van der Waals surface area contributed by atoms with Crippen LogP contribution in [0.1, 0.15) is 49.5 Å². The normalized spacial score (nSPS) is 14.1. The van der Waals surface area contributed by atoms with E-state index in [0.717, 1.165) is 4.47 Å². The van der Waals surface area contributed by atoms with Gasteiger partial charge in [-0.3, -0.25) is 4.79 Å². The van der Waals surface area contributed by atoms with E-state index in [-0.39, 0.29) is 42.5 Å². The van der Waals surface area contributed by atoms with Gasteiger partial charge >= 0.3 is 6.09 Å². The van der Waals surface area contributed by atoms with E-state index in [1.165, 1.54) is 24.3 Å². The Bertz CT molecular complexity index is 1120. The van der Waals surface area contributed by atoms with Gasteiger partial charge in [0.1, 0.15) is 11.5 Å². The van der Waals surface area contributed by atoms with Crippen LogP contribution in [0.25, 0.3) is 0 Å². The zero-order valence-corrected chi connectivity index (χ0v) is 21.6. The van der Waals surface area contributed by atoms with Gasteiger partial charge in [-0.25, -0.2) is 13.2 Å². The number of nitrogens with two attached hydrogens (primary N) is 1. The first-order valence-corrected chi connectivity index (χ1v) is 13.3. The molecular formula is C25H35N3O7S. The first-order valence-electron chi connectivity index (χ1n) is 11.8. The van der Waals surface area contributed by atoms with Gasteiger partial charge in [0.15, 0.2) is 0 Å². The van der Waals surface area contributed by atoms with Crippen LogP contribution in [0, 0.1) is 11.8 Å². The van der Waals surface area contributed by atoms with Crippen molar-refractivity contribution in [2.24, 2.45) is 17.6 Å². The van der Waals surface area contributed by atoms with Crippen molar-refractivity contribution in [2.45, 2.75) is 45.3 Å². The Morgan fingerprint density at radius 1 is 1.11 bits per heavy atom. The number of nitrogens with one attached hydrogen (secondary N) is 1. The van der Waals surface area contributed by atoms with Crippen molar-refractivity contribution in [2.75, 3.05) is 13.1 Å². The Labute approximate surface area is 212 Å². The lowest BCUT2D eigenvalue weighted by molar-refractivity contribution is 0.0333. The van der Waals surface area contributed by atoms with Crippen molar-refractivity contribution in [3.8, 4) is 11.5 Å². The van der Waals surface area contributed by atoms with Crippen LogP contribution in [0.4, 0.5) is 4.79 Å². The molecule has 2 aromatic rings. The maximum absolute atomic E-state index is 13.9. The first kappa shape index (κ1) is 28.9. The number of phenolic OH excluding ortho intramolecular Hbond substituents is 1. The minimum absolute atomic E-state index is 0.0816. The first-order chi connectivity index (χ1) is 17.0. The van der Waals surface area contributed by atoms with Crippen LogP contribution in [0.15, 0.2) is 48.5 Å². The lowest BCUT2D eigenvalue weighted by atomic mass is 9.89. The van der Waals surface area contributed by atoms with Crippen LogP contribution in [0.3, 0.4) is 0 Å². The van der Waals surface area contributed by atoms with Gasteiger partial charge in [-0.2, -0.15) is 0 Å². The van der Waals surface area contributed by atoms with Crippen molar-refractivity contribution in [1.29, 1.82) is 0 Å². The van der Waals surface area contributed by atoms with E-state index in [4.69, 9.17) is 15.7 Å². The zero-order chi connectivity index (χ0) is 26.9. The Kier molecular flexibility index (Phi) is 10.5. The molecule has 0 aliphatic heterocycles. The predicted octanol–water partition coefficient (Wildman–Crippen LogP) is 3.37. The molecule has 11 heteroatoms. The fourth-order valence-corrected chi connectivity index (χ4v) is 6.02. The van der Waals surface area contributed by atoms with E-state index in [0.29, 0.717) is 18.4 Å². The number of hydroxylamine groups is 1. The summed E-state index contributed by atoms with van der Waals surface area (Å²) in [6.07, 6.45) is -0.219. The molecule has 0 aliphatic carbocycles. The molecule has 2 amide bonds. The van der Waals surface area contributed by atoms with E-state index in [9.17, 15) is 23.1 Å². The maximum Gasteiger partial charge on any atom is 0.404 e. The average molecular weight is 522 g/mol. The summed E-state index contributed by atoms with van der Waals surface area (Å²) in [6, 6.07) is 12.6. The summed E-state index contributed by atoms with van der Waals surface area (Å²) >= 11 is 0. The Hall–Kier alpha value is -3.31. The van der Waals surface area contributed by atoms with Gasteiger partial charge < -0.3 is 26.1 Å². The van der Waals surface area contributed by atoms with Crippen molar-refractivity contribution < 1.29 is 33.1 Å². The average Bonchev–Trinajstić information content (AvgIpc) is 2.83. The number of sulfonamides is 1. The summed E-state index contributed by atoms with van der Waals surface area (Å²) in [5.74, 6) is -1.05. The number of amides is 2. The van der Waals surface area contributed by atoms with Crippen LogP contribution in [-0.4, -0.2) is 53.4 Å². The van der Waals surface area contributed by atoms with Crippen LogP contribution < -0.4 is 15.9 Å². The number of nitrogens with zero attached hydrogens (tertiary/aromatic N) is 1. The number of benzene rings is 2. The van der Waals surface area contributed by atoms with Crippen LogP contribution in [-0.2, 0) is 16.4 Å². The molecule has 5 N–H and O–H groups in total. The molecule has 3 unspecified atom stereocenters. The number of carboxylic acid groups (broad SMARTS) is 1. The van der Waals surface area contributed by atoms with Gasteiger partial charge in [0.2, 0.25) is 15.9 Å². The van der Waals surface area contributed by atoms with Gasteiger partial charge in [-0.05, 0) is 71.5 Å². The lowest BCUT2D eigenvalue weighted by Gasteiger charge is -2.33. The minimum atomic E-state index is -4.05. The molecule has 198 valence electrons. The molecule has 0 heterocycles. The highest BCUT2D eigenvalue weighted by Crippen LogP contribution is 2.30. The third-order valence-electron chi connectivity index (χ3n) is 6.17. The highest BCUT2D eigenvalue weighted by molar-refractivity contribution is 7.89. The number of rotatable bonds is 14. The number of primary amides is 1. The molecule has 3 atom stereocenters. The van der Waals surface area contributed by atoms with Crippen LogP contribution in [0.5, 0.6) is 11.5 Å². The number of phenols is 1. The predicted molar refractivity (Wildman–Crippen MR) is 136 cm³/mol. The fourth-order valence-electron chi connectivity index (χ4n) is 3.86. The van der Waals surface area contributed by atoms with E-state index >= 15 is 0 Å². The molecule has 36 heavy (non-hydrogen) atoms. The largest absolute Gasteiger partial charge is 0.508 e. The van der Waals surface area contributed by atoms with Gasteiger partial charge in [0.25, 0.3) is 0 Å². The molecule has 0 fully saturated rings. The number of aryl methyl sites for hydroxylation is 1. The summed E-state index contributed by atoms with van der Waals surface area (Å²) in [7, 11) is -4.05. The highest BCUT2D eigenvalue weighted by atomic mass is 32.2. The second kappa shape index (κ2) is 13.1. The SMILES string of the molecule is CCCN(Oc1ccc(C(N)=O)cc1)S(=O)(=O)C(CCc1ccccc1O)C(C)C(C)CNC(=O)O. The minimum Gasteiger partial charge on any atom is -0.508 e. The van der Waals surface area contributed by atoms with Crippen molar-refractivity contribution in [3.05, 3.63) is 59.7 Å². The number of carbonyl (C=O) groups excluding carboxylic acids is 1. The lowest BCUT2D eigenvalue weighted by Crippen LogP contribution is -2.46. The van der Waals surface area contributed by atoms with Crippen LogP contribution >= 0.6 is 0 Å². The molecule has 0 bridgehead atoms. The van der Waals surface area contributed by atoms with E-state index in [1.54, 1.807) is 38.1 Å². The molecule has 2 aromatic carbocycles. The molecular weight excluding hydrogens is 486 g/mol. The number of aromatic hydroxyl groups is 1. The number of carbonyl (C=O) groups is 2. The third-order valence-corrected chi connectivity index (χ3v) is 8.42. The standard InChI is InChI=1S/C25H35N3O7S/c1-4-15-28(35-21-12-9-20(10-13-21)24(26)30)36(33,34)23(18(3)17(2)16-27-25(31)32)14-11-19-7-5-6-8-22(19)29/h5-10,12-13,17-18,23,27,29H,4,11,14-16H2,1-3H3,(H2,26,30)(H,31,32). The number of para-hydroxylation sites is 1. The Balaban J connectivity index is 2.36. The zero-order valence-electron chi connectivity index (χ0n) is 20.8. The third kappa shape index (κ3) is 7.85. The Morgan fingerprint density at radius 2 is 1.75 bits per heavy atom. The highest BCUT2D eigenvalue weighted by Gasteiger charge is 2.39. The molecule has 0 saturated carbocycles. The summed E-state index contributed by atoms with van der Waals surface area (Å²) < 4.78 is 28.8. The van der Waals surface area contributed by atoms with Gasteiger partial charge in [0, 0.05) is 12.1 Å². The van der Waals surface area contributed by atoms with Crippen LogP contribution in [0.2, 0.25) is 0 Å². The second-order valence-corrected chi connectivity index (χ2v) is 10.8. The van der Waals surface area contributed by atoms with E-state index in [1.807, 2.05) is 6.92 Å². The van der Waals surface area contributed by atoms with Crippen molar-refractivity contribution in [1.82, 2.24) is 9.79 Å². The van der Waals surface area contributed by atoms with Crippen molar-refractivity contribution in [3.63, 3.8) is 0 Å². The van der Waals surface area contributed by atoms with Gasteiger partial charge in [-0.1, -0.05) is 39.0 Å². The molecule has 0 saturated heterocycles. The summed E-state index contributed by atoms with van der Waals surface area (Å²) in [5, 5.41) is 20.6. The molecule has 0 aromatic heterocycles. The topological polar surface area (TPSA) is 159 Å². The van der Waals surface area contributed by atoms with Crippen molar-refractivity contribution >= 4 is 22.0 Å². The number of hydrogen-bond acceptors (Lipinski definition) is 6. The molecule has 10 nitrogen and oxygen atoms in total. The molecule has 0 radical (unpaired) electrons. The molecule has 2 rings (SSSR count).